The number of benzene rings is 1. The zero-order valence-electron chi connectivity index (χ0n) is 8.10. The maximum atomic E-state index is 5.53. The molecule has 1 heterocycles. The Morgan fingerprint density at radius 2 is 2.14 bits per heavy atom. The Morgan fingerprint density at radius 3 is 2.79 bits per heavy atom. The van der Waals surface area contributed by atoms with Crippen LogP contribution in [-0.4, -0.2) is 4.98 Å². The molecule has 0 radical (unpaired) electrons. The fourth-order valence-electron chi connectivity index (χ4n) is 1.50. The molecule has 0 saturated carbocycles. The van der Waals surface area contributed by atoms with Crippen molar-refractivity contribution < 1.29 is 4.42 Å². The van der Waals surface area contributed by atoms with Crippen LogP contribution < -0.4 is 5.73 Å². The first-order chi connectivity index (χ1) is 6.63. The third-order valence-corrected chi connectivity index (χ3v) is 3.18. The van der Waals surface area contributed by atoms with Crippen LogP contribution in [0.2, 0.25) is 0 Å². The van der Waals surface area contributed by atoms with Crippen molar-refractivity contribution in [3.8, 4) is 0 Å². The molecule has 2 N–H and O–H groups in total. The molecule has 2 rings (SSSR count). The van der Waals surface area contributed by atoms with Crippen LogP contribution in [0.4, 0.5) is 0 Å². The van der Waals surface area contributed by atoms with E-state index in [1.807, 2.05) is 13.8 Å². The van der Waals surface area contributed by atoms with Gasteiger partial charge in [0.15, 0.2) is 5.58 Å². The van der Waals surface area contributed by atoms with Crippen LogP contribution in [0.15, 0.2) is 15.0 Å². The molecule has 0 aliphatic heterocycles. The predicted octanol–water partition coefficient (Wildman–Crippen LogP) is 2.67. The Hall–Kier alpha value is -0.870. The largest absolute Gasteiger partial charge is 0.438 e. The van der Waals surface area contributed by atoms with Gasteiger partial charge in [-0.25, -0.2) is 4.98 Å². The minimum atomic E-state index is 0.333. The molecule has 0 unspecified atom stereocenters. The van der Waals surface area contributed by atoms with E-state index in [0.29, 0.717) is 12.4 Å². The van der Waals surface area contributed by atoms with E-state index in [4.69, 9.17) is 10.2 Å². The molecule has 4 heteroatoms. The SMILES string of the molecule is Cc1cc(C)c2nc(CN)oc2c1Br. The van der Waals surface area contributed by atoms with Gasteiger partial charge in [-0.1, -0.05) is 6.07 Å². The summed E-state index contributed by atoms with van der Waals surface area (Å²) in [5, 5.41) is 0. The summed E-state index contributed by atoms with van der Waals surface area (Å²) in [5.41, 5.74) is 9.43. The van der Waals surface area contributed by atoms with Gasteiger partial charge in [-0.05, 0) is 40.9 Å². The molecule has 0 bridgehead atoms. The first-order valence-corrected chi connectivity index (χ1v) is 5.18. The summed E-state index contributed by atoms with van der Waals surface area (Å²) in [7, 11) is 0. The number of aryl methyl sites for hydroxylation is 2. The molecule has 0 fully saturated rings. The van der Waals surface area contributed by atoms with Gasteiger partial charge >= 0.3 is 0 Å². The van der Waals surface area contributed by atoms with E-state index in [1.165, 1.54) is 0 Å². The summed E-state index contributed by atoms with van der Waals surface area (Å²) in [4.78, 5) is 4.31. The van der Waals surface area contributed by atoms with E-state index in [1.54, 1.807) is 0 Å². The lowest BCUT2D eigenvalue weighted by molar-refractivity contribution is 0.532. The van der Waals surface area contributed by atoms with Gasteiger partial charge in [0, 0.05) is 0 Å². The van der Waals surface area contributed by atoms with Crippen LogP contribution in [0, 0.1) is 13.8 Å². The Morgan fingerprint density at radius 1 is 1.43 bits per heavy atom. The minimum Gasteiger partial charge on any atom is -0.438 e. The van der Waals surface area contributed by atoms with Crippen molar-refractivity contribution in [1.82, 2.24) is 4.98 Å². The van der Waals surface area contributed by atoms with Gasteiger partial charge in [0.25, 0.3) is 0 Å². The van der Waals surface area contributed by atoms with Crippen LogP contribution in [0.1, 0.15) is 17.0 Å². The molecule has 0 aliphatic rings. The molecule has 3 nitrogen and oxygen atoms in total. The number of fused-ring (bicyclic) bond motifs is 1. The van der Waals surface area contributed by atoms with Crippen LogP contribution >= 0.6 is 15.9 Å². The van der Waals surface area contributed by atoms with E-state index in [9.17, 15) is 0 Å². The van der Waals surface area contributed by atoms with Crippen molar-refractivity contribution in [2.45, 2.75) is 20.4 Å². The lowest BCUT2D eigenvalue weighted by atomic mass is 10.1. The molecule has 0 amide bonds. The first kappa shape index (κ1) is 9.68. The van der Waals surface area contributed by atoms with Crippen molar-refractivity contribution in [3.63, 3.8) is 0 Å². The highest BCUT2D eigenvalue weighted by Gasteiger charge is 2.12. The number of rotatable bonds is 1. The molecule has 0 aliphatic carbocycles. The zero-order chi connectivity index (χ0) is 10.3. The highest BCUT2D eigenvalue weighted by atomic mass is 79.9. The Labute approximate surface area is 90.4 Å². The molecule has 0 spiro atoms. The van der Waals surface area contributed by atoms with Gasteiger partial charge in [0.05, 0.1) is 11.0 Å². The van der Waals surface area contributed by atoms with Crippen LogP contribution in [-0.2, 0) is 6.54 Å². The smallest absolute Gasteiger partial charge is 0.209 e. The van der Waals surface area contributed by atoms with Gasteiger partial charge in [-0.15, -0.1) is 0 Å². The van der Waals surface area contributed by atoms with E-state index >= 15 is 0 Å². The molecule has 0 saturated heterocycles. The van der Waals surface area contributed by atoms with Crippen molar-refractivity contribution in [2.24, 2.45) is 5.73 Å². The maximum Gasteiger partial charge on any atom is 0.209 e. The molecule has 74 valence electrons. The second-order valence-corrected chi connectivity index (χ2v) is 4.11. The quantitative estimate of drug-likeness (QED) is 0.852. The highest BCUT2D eigenvalue weighted by molar-refractivity contribution is 9.10. The number of nitrogens with zero attached hydrogens (tertiary/aromatic N) is 1. The summed E-state index contributed by atoms with van der Waals surface area (Å²) in [5.74, 6) is 0.578. The Kier molecular flexibility index (Phi) is 2.33. The highest BCUT2D eigenvalue weighted by Crippen LogP contribution is 2.30. The summed E-state index contributed by atoms with van der Waals surface area (Å²) in [6, 6.07) is 2.08. The average molecular weight is 255 g/mol. The van der Waals surface area contributed by atoms with Gasteiger partial charge in [0.1, 0.15) is 5.52 Å². The molecule has 0 atom stereocenters. The number of aromatic nitrogens is 1. The standard InChI is InChI=1S/C10H11BrN2O/c1-5-3-6(2)9-10(8(5)11)14-7(4-12)13-9/h3H,4,12H2,1-2H3. The number of hydrogen-bond acceptors (Lipinski definition) is 3. The summed E-state index contributed by atoms with van der Waals surface area (Å²) in [6.45, 7) is 4.38. The van der Waals surface area contributed by atoms with Crippen molar-refractivity contribution in [3.05, 3.63) is 27.6 Å². The van der Waals surface area contributed by atoms with Gasteiger partial charge < -0.3 is 10.2 Å². The number of halogens is 1. The number of hydrogen-bond donors (Lipinski definition) is 1. The zero-order valence-corrected chi connectivity index (χ0v) is 9.68. The average Bonchev–Trinajstić information content (AvgIpc) is 2.58. The molecule has 2 aromatic rings. The van der Waals surface area contributed by atoms with Crippen molar-refractivity contribution >= 4 is 27.0 Å². The van der Waals surface area contributed by atoms with Crippen LogP contribution in [0.3, 0.4) is 0 Å². The third-order valence-electron chi connectivity index (χ3n) is 2.20. The van der Waals surface area contributed by atoms with Gasteiger partial charge in [-0.2, -0.15) is 0 Å². The lowest BCUT2D eigenvalue weighted by Gasteiger charge is -1.99. The Bertz CT molecular complexity index is 490. The minimum absolute atomic E-state index is 0.333. The van der Waals surface area contributed by atoms with Crippen molar-refractivity contribution in [2.75, 3.05) is 0 Å². The fraction of sp³-hybridized carbons (Fsp3) is 0.300. The molecular weight excluding hydrogens is 244 g/mol. The molecule has 1 aromatic carbocycles. The molecule has 1 aromatic heterocycles. The number of oxazole rings is 1. The lowest BCUT2D eigenvalue weighted by Crippen LogP contribution is -1.95. The predicted molar refractivity (Wildman–Crippen MR) is 59.1 cm³/mol. The van der Waals surface area contributed by atoms with Gasteiger partial charge in [-0.3, -0.25) is 0 Å². The topological polar surface area (TPSA) is 52.0 Å². The first-order valence-electron chi connectivity index (χ1n) is 4.38. The molecular formula is C10H11BrN2O. The van der Waals surface area contributed by atoms with E-state index < -0.39 is 0 Å². The summed E-state index contributed by atoms with van der Waals surface area (Å²) < 4.78 is 6.49. The van der Waals surface area contributed by atoms with Crippen LogP contribution in [0.25, 0.3) is 11.1 Å². The van der Waals surface area contributed by atoms with Crippen LogP contribution in [0.5, 0.6) is 0 Å². The number of nitrogens with two attached hydrogens (primary N) is 1. The Balaban J connectivity index is 2.84. The van der Waals surface area contributed by atoms with E-state index in [0.717, 1.165) is 26.7 Å². The normalized spacial score (nSPS) is 11.1. The van der Waals surface area contributed by atoms with Gasteiger partial charge in [0.2, 0.25) is 5.89 Å². The molecule has 14 heavy (non-hydrogen) atoms. The monoisotopic (exact) mass is 254 g/mol. The fourth-order valence-corrected chi connectivity index (χ4v) is 1.89. The van der Waals surface area contributed by atoms with Crippen molar-refractivity contribution in [1.29, 1.82) is 0 Å². The summed E-state index contributed by atoms with van der Waals surface area (Å²) in [6.07, 6.45) is 0. The second kappa shape index (κ2) is 3.37. The summed E-state index contributed by atoms with van der Waals surface area (Å²) >= 11 is 3.48. The van der Waals surface area contributed by atoms with E-state index in [2.05, 4.69) is 27.0 Å². The maximum absolute atomic E-state index is 5.53. The third kappa shape index (κ3) is 1.35. The second-order valence-electron chi connectivity index (χ2n) is 3.31. The van der Waals surface area contributed by atoms with E-state index in [-0.39, 0.29) is 0 Å².